The Kier molecular flexibility index (Phi) is 6.41. The quantitative estimate of drug-likeness (QED) is 0.656. The molecule has 0 saturated carbocycles. The van der Waals surface area contributed by atoms with Crippen LogP contribution in [0.5, 0.6) is 5.75 Å². The van der Waals surface area contributed by atoms with Crippen molar-refractivity contribution in [3.63, 3.8) is 0 Å². The zero-order valence-electron chi connectivity index (χ0n) is 11.0. The molecule has 0 aromatic heterocycles. The summed E-state index contributed by atoms with van der Waals surface area (Å²) in [6.45, 7) is 0.490. The number of nitrogens with one attached hydrogen (secondary N) is 1. The lowest BCUT2D eigenvalue weighted by Crippen LogP contribution is -2.26. The van der Waals surface area contributed by atoms with Crippen molar-refractivity contribution in [1.29, 1.82) is 0 Å². The number of anilines is 1. The van der Waals surface area contributed by atoms with Crippen molar-refractivity contribution in [2.45, 2.75) is 6.10 Å². The lowest BCUT2D eigenvalue weighted by atomic mass is 10.3. The van der Waals surface area contributed by atoms with Crippen LogP contribution in [0.2, 0.25) is 10.0 Å². The van der Waals surface area contributed by atoms with Gasteiger partial charge in [-0.15, -0.1) is 0 Å². The van der Waals surface area contributed by atoms with Gasteiger partial charge in [-0.1, -0.05) is 29.3 Å². The average molecular weight is 438 g/mol. The molecule has 2 aromatic rings. The number of benzene rings is 2. The van der Waals surface area contributed by atoms with E-state index in [4.69, 9.17) is 27.9 Å². The van der Waals surface area contributed by atoms with E-state index in [1.54, 1.807) is 18.2 Å². The molecule has 0 radical (unpaired) electrons. The van der Waals surface area contributed by atoms with Crippen molar-refractivity contribution in [2.75, 3.05) is 18.5 Å². The minimum Gasteiger partial charge on any atom is -0.488 e. The molecule has 2 aromatic carbocycles. The number of halogens is 3. The Morgan fingerprint density at radius 2 is 1.71 bits per heavy atom. The van der Waals surface area contributed by atoms with Gasteiger partial charge in [-0.05, 0) is 59.0 Å². The molecule has 0 spiro atoms. The second-order valence-electron chi connectivity index (χ2n) is 4.40. The highest BCUT2D eigenvalue weighted by Gasteiger charge is 2.10. The van der Waals surface area contributed by atoms with Gasteiger partial charge in [0.1, 0.15) is 12.7 Å². The molecule has 1 unspecified atom stereocenters. The predicted octanol–water partition coefficient (Wildman–Crippen LogP) is 4.45. The maximum atomic E-state index is 9.93. The summed E-state index contributed by atoms with van der Waals surface area (Å²) in [5, 5.41) is 13.9. The number of ether oxygens (including phenoxy) is 1. The molecule has 0 saturated heterocycles. The molecular weight excluding hydrogens is 424 g/mol. The van der Waals surface area contributed by atoms with Crippen molar-refractivity contribution < 1.29 is 9.84 Å². The molecule has 112 valence electrons. The van der Waals surface area contributed by atoms with Crippen LogP contribution in [0.15, 0.2) is 42.5 Å². The molecule has 0 amide bonds. The number of aliphatic hydroxyl groups excluding tert-OH is 1. The van der Waals surface area contributed by atoms with Gasteiger partial charge in [0.2, 0.25) is 0 Å². The third-order valence-electron chi connectivity index (χ3n) is 2.73. The van der Waals surface area contributed by atoms with Gasteiger partial charge in [0.05, 0.1) is 10.0 Å². The summed E-state index contributed by atoms with van der Waals surface area (Å²) >= 11 is 14.2. The van der Waals surface area contributed by atoms with E-state index in [0.29, 0.717) is 22.3 Å². The zero-order valence-corrected chi connectivity index (χ0v) is 14.7. The van der Waals surface area contributed by atoms with Gasteiger partial charge in [-0.3, -0.25) is 0 Å². The molecule has 0 aliphatic rings. The number of hydrogen-bond donors (Lipinski definition) is 2. The smallest absolute Gasteiger partial charge is 0.156 e. The average Bonchev–Trinajstić information content (AvgIpc) is 2.46. The Bertz CT molecular complexity index is 572. The van der Waals surface area contributed by atoms with Crippen LogP contribution >= 0.6 is 45.8 Å². The molecule has 0 aliphatic carbocycles. The van der Waals surface area contributed by atoms with Crippen LogP contribution in [0.25, 0.3) is 0 Å². The molecule has 3 nitrogen and oxygen atoms in total. The summed E-state index contributed by atoms with van der Waals surface area (Å²) in [5.41, 5.74) is 0.949. The van der Waals surface area contributed by atoms with E-state index in [9.17, 15) is 5.11 Å². The highest BCUT2D eigenvalue weighted by Crippen LogP contribution is 2.32. The topological polar surface area (TPSA) is 41.5 Å². The van der Waals surface area contributed by atoms with Gasteiger partial charge >= 0.3 is 0 Å². The van der Waals surface area contributed by atoms with Crippen LogP contribution in [-0.2, 0) is 0 Å². The third-order valence-corrected chi connectivity index (χ3v) is 4.04. The van der Waals surface area contributed by atoms with Crippen LogP contribution < -0.4 is 10.1 Å². The van der Waals surface area contributed by atoms with Gasteiger partial charge < -0.3 is 15.2 Å². The summed E-state index contributed by atoms with van der Waals surface area (Å²) < 4.78 is 6.64. The summed E-state index contributed by atoms with van der Waals surface area (Å²) in [4.78, 5) is 0. The van der Waals surface area contributed by atoms with Crippen LogP contribution in [0.1, 0.15) is 0 Å². The Morgan fingerprint density at radius 3 is 2.33 bits per heavy atom. The molecule has 2 N–H and O–H groups in total. The van der Waals surface area contributed by atoms with E-state index in [1.807, 2.05) is 24.3 Å². The van der Waals surface area contributed by atoms with Gasteiger partial charge in [-0.25, -0.2) is 0 Å². The second-order valence-corrected chi connectivity index (χ2v) is 6.46. The van der Waals surface area contributed by atoms with Crippen LogP contribution in [-0.4, -0.2) is 24.4 Å². The molecule has 0 heterocycles. The van der Waals surface area contributed by atoms with Gasteiger partial charge in [-0.2, -0.15) is 0 Å². The minimum absolute atomic E-state index is 0.112. The summed E-state index contributed by atoms with van der Waals surface area (Å²) in [6, 6.07) is 13.0. The number of aliphatic hydroxyl groups is 1. The van der Waals surface area contributed by atoms with E-state index in [-0.39, 0.29) is 6.61 Å². The van der Waals surface area contributed by atoms with Crippen LogP contribution in [0.4, 0.5) is 5.69 Å². The lowest BCUT2D eigenvalue weighted by Gasteiger charge is -2.15. The van der Waals surface area contributed by atoms with E-state index in [2.05, 4.69) is 27.9 Å². The van der Waals surface area contributed by atoms with Crippen molar-refractivity contribution in [3.05, 3.63) is 56.1 Å². The highest BCUT2D eigenvalue weighted by atomic mass is 127. The van der Waals surface area contributed by atoms with Crippen LogP contribution in [0, 0.1) is 3.57 Å². The summed E-state index contributed by atoms with van der Waals surface area (Å²) in [7, 11) is 0. The monoisotopic (exact) mass is 437 g/mol. The van der Waals surface area contributed by atoms with Gasteiger partial charge in [0.15, 0.2) is 5.75 Å². The number of rotatable bonds is 6. The molecule has 2 rings (SSSR count). The number of hydrogen-bond acceptors (Lipinski definition) is 3. The molecule has 6 heteroatoms. The predicted molar refractivity (Wildman–Crippen MR) is 95.6 cm³/mol. The van der Waals surface area contributed by atoms with Crippen molar-refractivity contribution in [2.24, 2.45) is 0 Å². The summed E-state index contributed by atoms with van der Waals surface area (Å²) in [6.07, 6.45) is -0.670. The Hall–Kier alpha value is -0.690. The Balaban J connectivity index is 1.82. The molecular formula is C15H14Cl2INO2. The maximum absolute atomic E-state index is 9.93. The van der Waals surface area contributed by atoms with E-state index < -0.39 is 6.10 Å². The largest absolute Gasteiger partial charge is 0.488 e. The van der Waals surface area contributed by atoms with E-state index in [0.717, 1.165) is 9.26 Å². The maximum Gasteiger partial charge on any atom is 0.156 e. The van der Waals surface area contributed by atoms with Crippen LogP contribution in [0.3, 0.4) is 0 Å². The Labute approximate surface area is 147 Å². The standard InChI is InChI=1S/C15H14Cl2INO2/c16-13-2-1-3-14(17)15(13)21-9-12(20)8-19-11-6-4-10(18)5-7-11/h1-7,12,19-20H,8-9H2. The first-order valence-electron chi connectivity index (χ1n) is 6.30. The minimum atomic E-state index is -0.670. The van der Waals surface area contributed by atoms with Crippen molar-refractivity contribution in [1.82, 2.24) is 0 Å². The SMILES string of the molecule is OC(CNc1ccc(I)cc1)COc1c(Cl)cccc1Cl. The molecule has 0 aliphatic heterocycles. The first kappa shape index (κ1) is 16.7. The van der Waals surface area contributed by atoms with Gasteiger partial charge in [0, 0.05) is 15.8 Å². The molecule has 0 bridgehead atoms. The first-order valence-corrected chi connectivity index (χ1v) is 8.14. The van der Waals surface area contributed by atoms with Crippen molar-refractivity contribution in [3.8, 4) is 5.75 Å². The van der Waals surface area contributed by atoms with Gasteiger partial charge in [0.25, 0.3) is 0 Å². The fourth-order valence-electron chi connectivity index (χ4n) is 1.66. The lowest BCUT2D eigenvalue weighted by molar-refractivity contribution is 0.117. The Morgan fingerprint density at radius 1 is 1.10 bits per heavy atom. The fraction of sp³-hybridized carbons (Fsp3) is 0.200. The van der Waals surface area contributed by atoms with Crippen molar-refractivity contribution >= 4 is 51.5 Å². The zero-order chi connectivity index (χ0) is 15.2. The second kappa shape index (κ2) is 8.08. The first-order chi connectivity index (χ1) is 10.1. The fourth-order valence-corrected chi connectivity index (χ4v) is 2.53. The normalized spacial score (nSPS) is 12.0. The summed E-state index contributed by atoms with van der Waals surface area (Å²) in [5.74, 6) is 0.397. The molecule has 0 fully saturated rings. The highest BCUT2D eigenvalue weighted by molar-refractivity contribution is 14.1. The number of para-hydroxylation sites is 1. The van der Waals surface area contributed by atoms with E-state index in [1.165, 1.54) is 0 Å². The molecule has 1 atom stereocenters. The molecule has 21 heavy (non-hydrogen) atoms. The third kappa shape index (κ3) is 5.21. The van der Waals surface area contributed by atoms with E-state index >= 15 is 0 Å².